The number of aldehydes is 1. The fourth-order valence-electron chi connectivity index (χ4n) is 1.87. The van der Waals surface area contributed by atoms with Crippen molar-refractivity contribution in [1.82, 2.24) is 0 Å². The van der Waals surface area contributed by atoms with E-state index in [0.717, 1.165) is 6.29 Å². The van der Waals surface area contributed by atoms with Crippen molar-refractivity contribution >= 4 is 12.3 Å². The maximum absolute atomic E-state index is 11.6. The van der Waals surface area contributed by atoms with Gasteiger partial charge < -0.3 is 14.3 Å². The van der Waals surface area contributed by atoms with Gasteiger partial charge in [0, 0.05) is 19.6 Å². The molecule has 1 heterocycles. The molecule has 0 aromatic carbocycles. The summed E-state index contributed by atoms with van der Waals surface area (Å²) in [5, 5.41) is 0. The molecule has 0 spiro atoms. The second-order valence-electron chi connectivity index (χ2n) is 3.59. The van der Waals surface area contributed by atoms with E-state index in [9.17, 15) is 9.59 Å². The Balaban J connectivity index is 2.66. The number of carbonyl (C=O) groups excluding carboxylic acids is 2. The molecule has 4 nitrogen and oxygen atoms in total. The predicted molar refractivity (Wildman–Crippen MR) is 49.8 cm³/mol. The van der Waals surface area contributed by atoms with Gasteiger partial charge in [0.15, 0.2) is 0 Å². The van der Waals surface area contributed by atoms with E-state index in [2.05, 4.69) is 0 Å². The summed E-state index contributed by atoms with van der Waals surface area (Å²) in [6, 6.07) is 0. The van der Waals surface area contributed by atoms with Crippen molar-refractivity contribution < 1.29 is 19.1 Å². The van der Waals surface area contributed by atoms with Crippen LogP contribution in [0, 0.1) is 5.41 Å². The van der Waals surface area contributed by atoms with Crippen LogP contribution < -0.4 is 0 Å². The number of rotatable bonds is 4. The highest BCUT2D eigenvalue weighted by atomic mass is 16.5. The van der Waals surface area contributed by atoms with Crippen molar-refractivity contribution in [3.63, 3.8) is 0 Å². The molecule has 80 valence electrons. The Kier molecular flexibility index (Phi) is 4.07. The highest BCUT2D eigenvalue weighted by Crippen LogP contribution is 2.36. The van der Waals surface area contributed by atoms with Gasteiger partial charge in [-0.15, -0.1) is 0 Å². The van der Waals surface area contributed by atoms with E-state index in [1.165, 1.54) is 7.11 Å². The van der Waals surface area contributed by atoms with Crippen molar-refractivity contribution in [3.8, 4) is 0 Å². The maximum atomic E-state index is 11.6. The van der Waals surface area contributed by atoms with Gasteiger partial charge >= 0.3 is 5.97 Å². The average molecular weight is 200 g/mol. The molecule has 1 aliphatic rings. The molecule has 1 rings (SSSR count). The number of hydrogen-bond donors (Lipinski definition) is 0. The lowest BCUT2D eigenvalue weighted by molar-refractivity contribution is -0.159. The minimum Gasteiger partial charge on any atom is -0.469 e. The quantitative estimate of drug-likeness (QED) is 0.500. The van der Waals surface area contributed by atoms with Gasteiger partial charge in [-0.3, -0.25) is 4.79 Å². The number of esters is 1. The molecule has 0 aromatic heterocycles. The minimum absolute atomic E-state index is 0.206. The molecule has 1 saturated heterocycles. The number of carbonyl (C=O) groups is 2. The first-order valence-electron chi connectivity index (χ1n) is 4.85. The summed E-state index contributed by atoms with van der Waals surface area (Å²) >= 11 is 0. The monoisotopic (exact) mass is 200 g/mol. The Morgan fingerprint density at radius 1 is 1.50 bits per heavy atom. The van der Waals surface area contributed by atoms with E-state index < -0.39 is 5.41 Å². The normalized spacial score (nSPS) is 20.1. The second-order valence-corrected chi connectivity index (χ2v) is 3.59. The van der Waals surface area contributed by atoms with Crippen molar-refractivity contribution in [1.29, 1.82) is 0 Å². The molecule has 1 fully saturated rings. The van der Waals surface area contributed by atoms with Crippen molar-refractivity contribution in [2.75, 3.05) is 20.3 Å². The molecule has 0 amide bonds. The minimum atomic E-state index is -0.478. The average Bonchev–Trinajstić information content (AvgIpc) is 2.26. The van der Waals surface area contributed by atoms with E-state index >= 15 is 0 Å². The van der Waals surface area contributed by atoms with Crippen LogP contribution in [0.1, 0.15) is 25.7 Å². The molecule has 0 bridgehead atoms. The van der Waals surface area contributed by atoms with Gasteiger partial charge in [-0.05, 0) is 19.3 Å². The molecule has 0 radical (unpaired) electrons. The summed E-state index contributed by atoms with van der Waals surface area (Å²) in [5.41, 5.74) is -0.478. The van der Waals surface area contributed by atoms with Gasteiger partial charge in [0.25, 0.3) is 0 Å². The summed E-state index contributed by atoms with van der Waals surface area (Å²) in [4.78, 5) is 21.9. The largest absolute Gasteiger partial charge is 0.469 e. The number of hydrogen-bond acceptors (Lipinski definition) is 4. The molecule has 4 heteroatoms. The molecule has 0 N–H and O–H groups in total. The predicted octanol–water partition coefficient (Wildman–Crippen LogP) is 0.935. The van der Waals surface area contributed by atoms with Gasteiger partial charge in [0.05, 0.1) is 12.5 Å². The zero-order valence-corrected chi connectivity index (χ0v) is 8.45. The van der Waals surface area contributed by atoms with Gasteiger partial charge in [0.2, 0.25) is 0 Å². The lowest BCUT2D eigenvalue weighted by Gasteiger charge is -2.33. The fourth-order valence-corrected chi connectivity index (χ4v) is 1.87. The summed E-state index contributed by atoms with van der Waals surface area (Å²) < 4.78 is 9.98. The van der Waals surface area contributed by atoms with Crippen molar-refractivity contribution in [2.45, 2.75) is 25.7 Å². The molecular formula is C10H16O4. The molecule has 0 aromatic rings. The zero-order valence-electron chi connectivity index (χ0n) is 8.45. The standard InChI is InChI=1S/C10H16O4/c1-13-9(12)10(3-2-6-11)4-7-14-8-5-10/h6H,2-5,7-8H2,1H3. The molecule has 0 saturated carbocycles. The molecular weight excluding hydrogens is 184 g/mol. The lowest BCUT2D eigenvalue weighted by Crippen LogP contribution is -2.38. The number of methoxy groups -OCH3 is 1. The van der Waals surface area contributed by atoms with E-state index in [0.29, 0.717) is 38.9 Å². The van der Waals surface area contributed by atoms with Crippen LogP contribution in [0.5, 0.6) is 0 Å². The van der Waals surface area contributed by atoms with E-state index in [1.54, 1.807) is 0 Å². The Morgan fingerprint density at radius 3 is 2.64 bits per heavy atom. The van der Waals surface area contributed by atoms with E-state index in [4.69, 9.17) is 9.47 Å². The first-order valence-corrected chi connectivity index (χ1v) is 4.85. The third-order valence-corrected chi connectivity index (χ3v) is 2.81. The maximum Gasteiger partial charge on any atom is 0.311 e. The van der Waals surface area contributed by atoms with E-state index in [-0.39, 0.29) is 5.97 Å². The first kappa shape index (κ1) is 11.2. The van der Waals surface area contributed by atoms with Crippen LogP contribution in [0.3, 0.4) is 0 Å². The highest BCUT2D eigenvalue weighted by Gasteiger charge is 2.40. The van der Waals surface area contributed by atoms with Crippen molar-refractivity contribution in [3.05, 3.63) is 0 Å². The van der Waals surface area contributed by atoms with Crippen LogP contribution in [0.2, 0.25) is 0 Å². The molecule has 0 atom stereocenters. The summed E-state index contributed by atoms with van der Waals surface area (Å²) in [6.07, 6.45) is 3.16. The molecule has 0 aliphatic carbocycles. The lowest BCUT2D eigenvalue weighted by atomic mass is 9.76. The second kappa shape index (κ2) is 5.10. The Bertz CT molecular complexity index is 206. The zero-order chi connectivity index (χ0) is 10.4. The summed E-state index contributed by atoms with van der Waals surface area (Å²) in [6.45, 7) is 1.15. The van der Waals surface area contributed by atoms with Crippen LogP contribution in [0.25, 0.3) is 0 Å². The van der Waals surface area contributed by atoms with Gasteiger partial charge in [-0.2, -0.15) is 0 Å². The van der Waals surface area contributed by atoms with Crippen LogP contribution >= 0.6 is 0 Å². The highest BCUT2D eigenvalue weighted by molar-refractivity contribution is 5.77. The SMILES string of the molecule is COC(=O)C1(CCC=O)CCOCC1. The van der Waals surface area contributed by atoms with E-state index in [1.807, 2.05) is 0 Å². The van der Waals surface area contributed by atoms with Crippen LogP contribution in [0.4, 0.5) is 0 Å². The fraction of sp³-hybridized carbons (Fsp3) is 0.800. The van der Waals surface area contributed by atoms with Crippen LogP contribution in [-0.2, 0) is 19.1 Å². The topological polar surface area (TPSA) is 52.6 Å². The first-order chi connectivity index (χ1) is 6.75. The third kappa shape index (κ3) is 2.32. The van der Waals surface area contributed by atoms with Gasteiger partial charge in [-0.1, -0.05) is 0 Å². The van der Waals surface area contributed by atoms with Gasteiger partial charge in [0.1, 0.15) is 6.29 Å². The number of ether oxygens (including phenoxy) is 2. The smallest absolute Gasteiger partial charge is 0.311 e. The molecule has 0 unspecified atom stereocenters. The Labute approximate surface area is 83.6 Å². The Hall–Kier alpha value is -0.900. The summed E-state index contributed by atoms with van der Waals surface area (Å²) in [5.74, 6) is -0.206. The summed E-state index contributed by atoms with van der Waals surface area (Å²) in [7, 11) is 1.39. The molecule has 14 heavy (non-hydrogen) atoms. The third-order valence-electron chi connectivity index (χ3n) is 2.81. The van der Waals surface area contributed by atoms with Crippen LogP contribution in [-0.4, -0.2) is 32.6 Å². The van der Waals surface area contributed by atoms with Gasteiger partial charge in [-0.25, -0.2) is 0 Å². The van der Waals surface area contributed by atoms with Crippen molar-refractivity contribution in [2.24, 2.45) is 5.41 Å². The molecule has 1 aliphatic heterocycles. The van der Waals surface area contributed by atoms with Crippen LogP contribution in [0.15, 0.2) is 0 Å². The Morgan fingerprint density at radius 2 is 2.14 bits per heavy atom.